The van der Waals surface area contributed by atoms with E-state index in [-0.39, 0.29) is 0 Å². The van der Waals surface area contributed by atoms with Crippen molar-refractivity contribution in [2.24, 2.45) is 0 Å². The van der Waals surface area contributed by atoms with Crippen molar-refractivity contribution in [3.8, 4) is 33.8 Å². The van der Waals surface area contributed by atoms with E-state index in [1.54, 1.807) is 14.2 Å². The molecule has 2 aliphatic rings. The van der Waals surface area contributed by atoms with Gasteiger partial charge in [0.2, 0.25) is 0 Å². The Kier molecular flexibility index (Phi) is 9.71. The van der Waals surface area contributed by atoms with Crippen molar-refractivity contribution < 1.29 is 9.47 Å². The predicted molar refractivity (Wildman–Crippen MR) is 303 cm³/mol. The highest BCUT2D eigenvalue weighted by Crippen LogP contribution is 2.64. The van der Waals surface area contributed by atoms with Gasteiger partial charge in [0, 0.05) is 79.8 Å². The van der Waals surface area contributed by atoms with Crippen LogP contribution in [0.5, 0.6) is 11.5 Å². The molecule has 2 aromatic heterocycles. The Labute approximate surface area is 425 Å². The first-order valence-corrected chi connectivity index (χ1v) is 25.4. The maximum atomic E-state index is 5.71. The number of hydrogen-bond acceptors (Lipinski definition) is 4. The van der Waals surface area contributed by atoms with Crippen molar-refractivity contribution >= 4 is 77.7 Å². The zero-order valence-corrected chi connectivity index (χ0v) is 41.3. The minimum atomic E-state index is -0.627. The topological polar surface area (TPSA) is 34.8 Å². The molecule has 0 saturated heterocycles. The number of aryl methyl sites for hydroxylation is 2. The third kappa shape index (κ3) is 6.16. The summed E-state index contributed by atoms with van der Waals surface area (Å²) in [5.41, 5.74) is 20.8. The van der Waals surface area contributed by atoms with Crippen LogP contribution in [-0.4, -0.2) is 23.4 Å². The largest absolute Gasteiger partial charge is 0.497 e. The van der Waals surface area contributed by atoms with Gasteiger partial charge < -0.3 is 28.4 Å². The van der Waals surface area contributed by atoms with Crippen LogP contribution in [0.25, 0.3) is 65.9 Å². The number of rotatable bonds is 10. The molecule has 0 atom stereocenters. The summed E-state index contributed by atoms with van der Waals surface area (Å²) >= 11 is 0. The molecule has 0 N–H and O–H groups in total. The van der Waals surface area contributed by atoms with Crippen molar-refractivity contribution in [3.63, 3.8) is 0 Å². The first-order chi connectivity index (χ1) is 36.0. The second-order valence-corrected chi connectivity index (χ2v) is 19.3. The van der Waals surface area contributed by atoms with Crippen molar-refractivity contribution in [2.75, 3.05) is 24.0 Å². The molecule has 0 aliphatic heterocycles. The summed E-state index contributed by atoms with van der Waals surface area (Å²) in [6.07, 6.45) is 0. The Balaban J connectivity index is 1.01. The van der Waals surface area contributed by atoms with Crippen LogP contribution in [0.2, 0.25) is 0 Å². The first kappa shape index (κ1) is 42.8. The maximum absolute atomic E-state index is 5.71. The van der Waals surface area contributed by atoms with E-state index in [1.165, 1.54) is 88.1 Å². The molecule has 0 amide bonds. The van der Waals surface area contributed by atoms with E-state index in [9.17, 15) is 0 Å². The molecule has 1 spiro atoms. The molecule has 73 heavy (non-hydrogen) atoms. The van der Waals surface area contributed by atoms with Crippen LogP contribution in [-0.2, 0) is 18.5 Å². The smallest absolute Gasteiger partial charge is 0.119 e. The predicted octanol–water partition coefficient (Wildman–Crippen LogP) is 17.2. The Morgan fingerprint density at radius 1 is 0.329 bits per heavy atom. The molecule has 352 valence electrons. The van der Waals surface area contributed by atoms with E-state index >= 15 is 0 Å². The summed E-state index contributed by atoms with van der Waals surface area (Å²) < 4.78 is 16.3. The highest BCUT2D eigenvalue weighted by molar-refractivity contribution is 6.10. The standard InChI is InChI=1S/C67H52N4O2/c1-5-68-63-21-13-9-17-55(63)57-37-29-47(41-65(57)68)70(43-23-31-49(72-3)32-24-43)45-27-35-53-54-36-28-46(40-62(54)67(61(53)39-45)59-19-11-7-15-51(59)52-16-8-12-20-60(52)67)71(44-25-33-50(73-4)34-26-44)48-30-38-58-56-18-10-14-22-64(56)69(6-2)66(58)42-48/h7-42H,5-6H2,1-4H3. The van der Waals surface area contributed by atoms with Crippen molar-refractivity contribution in [3.05, 3.63) is 241 Å². The minimum Gasteiger partial charge on any atom is -0.497 e. The van der Waals surface area contributed by atoms with E-state index in [1.807, 2.05) is 0 Å². The molecule has 0 bridgehead atoms. The zero-order chi connectivity index (χ0) is 49.0. The van der Waals surface area contributed by atoms with Gasteiger partial charge >= 0.3 is 0 Å². The molecule has 14 rings (SSSR count). The average molecular weight is 945 g/mol. The SMILES string of the molecule is CCn1c2ccccc2c2ccc(N(c3ccc(OC)cc3)c3ccc4c(c3)C3(c5ccccc5-c5ccccc53)c3cc(N(c5ccc(OC)cc5)c5ccc6c7ccccc7n(CC)c6c5)ccc3-4)cc21. The zero-order valence-electron chi connectivity index (χ0n) is 41.3. The molecule has 2 heterocycles. The van der Waals surface area contributed by atoms with Crippen molar-refractivity contribution in [1.29, 1.82) is 0 Å². The van der Waals surface area contributed by atoms with E-state index in [4.69, 9.17) is 9.47 Å². The van der Waals surface area contributed by atoms with Gasteiger partial charge in [-0.15, -0.1) is 0 Å². The number of benzene rings is 10. The Morgan fingerprint density at radius 2 is 0.671 bits per heavy atom. The number of nitrogens with zero attached hydrogens (tertiary/aromatic N) is 4. The summed E-state index contributed by atoms with van der Waals surface area (Å²) in [6, 6.07) is 80.9. The fourth-order valence-corrected chi connectivity index (χ4v) is 12.8. The molecule has 0 saturated carbocycles. The van der Waals surface area contributed by atoms with E-state index in [2.05, 4.69) is 251 Å². The lowest BCUT2D eigenvalue weighted by Crippen LogP contribution is -2.26. The number of hydrogen-bond donors (Lipinski definition) is 0. The first-order valence-electron chi connectivity index (χ1n) is 25.4. The van der Waals surface area contributed by atoms with Crippen LogP contribution in [0.1, 0.15) is 36.1 Å². The van der Waals surface area contributed by atoms with Crippen LogP contribution in [0.3, 0.4) is 0 Å². The Hall–Kier alpha value is -9.00. The van der Waals surface area contributed by atoms with Crippen LogP contribution in [0, 0.1) is 0 Å². The molecular weight excluding hydrogens is 893 g/mol. The van der Waals surface area contributed by atoms with Gasteiger partial charge in [-0.2, -0.15) is 0 Å². The molecular formula is C67H52N4O2. The number of para-hydroxylation sites is 2. The Morgan fingerprint density at radius 3 is 1.10 bits per heavy atom. The monoisotopic (exact) mass is 944 g/mol. The molecule has 2 aliphatic carbocycles. The fraction of sp³-hybridized carbons (Fsp3) is 0.104. The summed E-state index contributed by atoms with van der Waals surface area (Å²) in [4.78, 5) is 4.84. The van der Waals surface area contributed by atoms with Gasteiger partial charge in [0.05, 0.1) is 30.7 Å². The fourth-order valence-electron chi connectivity index (χ4n) is 12.8. The van der Waals surface area contributed by atoms with Gasteiger partial charge in [0.15, 0.2) is 0 Å². The number of aromatic nitrogens is 2. The molecule has 12 aromatic rings. The highest BCUT2D eigenvalue weighted by Gasteiger charge is 2.52. The average Bonchev–Trinajstić information content (AvgIpc) is 4.16. The summed E-state index contributed by atoms with van der Waals surface area (Å²) in [6.45, 7) is 6.21. The highest BCUT2D eigenvalue weighted by atomic mass is 16.5. The molecule has 0 unspecified atom stereocenters. The lowest BCUT2D eigenvalue weighted by molar-refractivity contribution is 0.414. The Bertz CT molecular complexity index is 3890. The number of anilines is 6. The number of fused-ring (bicyclic) bond motifs is 16. The second kappa shape index (κ2) is 16.5. The van der Waals surface area contributed by atoms with Gasteiger partial charge in [-0.05, 0) is 168 Å². The van der Waals surface area contributed by atoms with E-state index in [0.717, 1.165) is 58.7 Å². The maximum Gasteiger partial charge on any atom is 0.119 e. The molecule has 0 radical (unpaired) electrons. The summed E-state index contributed by atoms with van der Waals surface area (Å²) in [5, 5.41) is 5.05. The molecule has 6 heteroatoms. The number of ether oxygens (including phenoxy) is 2. The van der Waals surface area contributed by atoms with Gasteiger partial charge in [-0.1, -0.05) is 109 Å². The van der Waals surface area contributed by atoms with Gasteiger partial charge in [0.25, 0.3) is 0 Å². The van der Waals surface area contributed by atoms with E-state index < -0.39 is 5.41 Å². The minimum absolute atomic E-state index is 0.627. The van der Waals surface area contributed by atoms with E-state index in [0.29, 0.717) is 0 Å². The van der Waals surface area contributed by atoms with Gasteiger partial charge in [-0.25, -0.2) is 0 Å². The summed E-state index contributed by atoms with van der Waals surface area (Å²) in [7, 11) is 3.46. The lowest BCUT2D eigenvalue weighted by Gasteiger charge is -2.33. The molecule has 6 nitrogen and oxygen atoms in total. The number of methoxy groups -OCH3 is 2. The quantitative estimate of drug-likeness (QED) is 0.137. The molecule has 0 fully saturated rings. The van der Waals surface area contributed by atoms with Crippen molar-refractivity contribution in [2.45, 2.75) is 32.4 Å². The third-order valence-corrected chi connectivity index (χ3v) is 15.9. The third-order valence-electron chi connectivity index (χ3n) is 15.9. The normalized spacial score (nSPS) is 12.9. The van der Waals surface area contributed by atoms with Gasteiger partial charge in [0.1, 0.15) is 11.5 Å². The van der Waals surface area contributed by atoms with Crippen LogP contribution in [0.15, 0.2) is 218 Å². The van der Waals surface area contributed by atoms with Crippen LogP contribution < -0.4 is 19.3 Å². The van der Waals surface area contributed by atoms with Gasteiger partial charge in [-0.3, -0.25) is 0 Å². The van der Waals surface area contributed by atoms with Crippen LogP contribution in [0.4, 0.5) is 34.1 Å². The lowest BCUT2D eigenvalue weighted by atomic mass is 9.70. The van der Waals surface area contributed by atoms with Crippen LogP contribution >= 0.6 is 0 Å². The second-order valence-electron chi connectivity index (χ2n) is 19.3. The molecule has 10 aromatic carbocycles. The van der Waals surface area contributed by atoms with Crippen molar-refractivity contribution in [1.82, 2.24) is 9.13 Å². The summed E-state index contributed by atoms with van der Waals surface area (Å²) in [5.74, 6) is 1.64.